The topological polar surface area (TPSA) is 86.8 Å². The van der Waals surface area contributed by atoms with E-state index in [-0.39, 0.29) is 40.5 Å². The van der Waals surface area contributed by atoms with Crippen molar-refractivity contribution in [2.45, 2.75) is 32.9 Å². The molecular weight excluding hydrogens is 628 g/mol. The first-order valence-corrected chi connectivity index (χ1v) is 16.1. The van der Waals surface area contributed by atoms with Gasteiger partial charge in [0, 0.05) is 39.6 Å². The number of hydrogen-bond donors (Lipinski definition) is 1. The maximum absolute atomic E-state index is 14.1. The van der Waals surface area contributed by atoms with Gasteiger partial charge in [-0.1, -0.05) is 96.6 Å². The number of nitrogens with one attached hydrogen (secondary N) is 1. The molecule has 0 aliphatic carbocycles. The molecule has 3 aromatic carbocycles. The third kappa shape index (κ3) is 9.79. The summed E-state index contributed by atoms with van der Waals surface area (Å²) in [6.07, 6.45) is 1.16. The quantitative estimate of drug-likeness (QED) is 0.241. The van der Waals surface area contributed by atoms with Crippen LogP contribution in [0.5, 0.6) is 0 Å². The van der Waals surface area contributed by atoms with Gasteiger partial charge in [0.15, 0.2) is 0 Å². The Morgan fingerprint density at radius 3 is 2.07 bits per heavy atom. The normalized spacial score (nSPS) is 12.2. The Morgan fingerprint density at radius 2 is 1.51 bits per heavy atom. The highest BCUT2D eigenvalue weighted by atomic mass is 35.5. The Labute approximate surface area is 261 Å². The Hall–Kier alpha value is -2.49. The van der Waals surface area contributed by atoms with Crippen LogP contribution in [-0.2, 0) is 32.6 Å². The third-order valence-corrected chi connectivity index (χ3v) is 8.29. The van der Waals surface area contributed by atoms with E-state index in [1.165, 1.54) is 23.1 Å². The highest BCUT2D eigenvalue weighted by Gasteiger charge is 2.33. The molecule has 0 saturated heterocycles. The molecule has 0 radical (unpaired) electrons. The van der Waals surface area contributed by atoms with E-state index in [4.69, 9.17) is 46.4 Å². The van der Waals surface area contributed by atoms with E-state index in [9.17, 15) is 18.0 Å². The summed E-state index contributed by atoms with van der Waals surface area (Å²) < 4.78 is 26.7. The number of benzene rings is 3. The van der Waals surface area contributed by atoms with Gasteiger partial charge in [-0.2, -0.15) is 0 Å². The molecule has 0 bridgehead atoms. The first-order chi connectivity index (χ1) is 19.2. The zero-order chi connectivity index (χ0) is 30.3. The van der Waals surface area contributed by atoms with Crippen molar-refractivity contribution in [2.75, 3.05) is 23.7 Å². The van der Waals surface area contributed by atoms with Crippen molar-refractivity contribution in [1.29, 1.82) is 0 Å². The standard InChI is InChI=1S/C29H31Cl4N3O4S/c1-19(2)16-34-29(38)27(11-20-7-5-4-6-8-20)35(17-21-9-10-22(30)15-26(21)33)28(37)18-36(41(3,39)40)25-13-23(31)12-24(32)14-25/h4-10,12-15,19,27H,11,16-18H2,1-3H3,(H,34,38)/t27-/m1/s1. The minimum absolute atomic E-state index is 0.0741. The molecule has 220 valence electrons. The SMILES string of the molecule is CC(C)CNC(=O)[C@@H](Cc1ccccc1)N(Cc1ccc(Cl)cc1Cl)C(=O)CN(c1cc(Cl)cc(Cl)c1)S(C)(=O)=O. The number of hydrogen-bond acceptors (Lipinski definition) is 4. The Kier molecular flexibility index (Phi) is 11.8. The second kappa shape index (κ2) is 14.6. The minimum atomic E-state index is -3.97. The maximum atomic E-state index is 14.1. The molecule has 1 atom stereocenters. The van der Waals surface area contributed by atoms with Crippen molar-refractivity contribution in [2.24, 2.45) is 5.92 Å². The number of carbonyl (C=O) groups is 2. The van der Waals surface area contributed by atoms with Gasteiger partial charge in [-0.3, -0.25) is 13.9 Å². The highest BCUT2D eigenvalue weighted by molar-refractivity contribution is 7.92. The summed E-state index contributed by atoms with van der Waals surface area (Å²) in [6, 6.07) is 17.4. The lowest BCUT2D eigenvalue weighted by molar-refractivity contribution is -0.140. The molecule has 0 aliphatic rings. The number of nitrogens with zero attached hydrogens (tertiary/aromatic N) is 2. The first-order valence-electron chi connectivity index (χ1n) is 12.7. The number of sulfonamides is 1. The summed E-state index contributed by atoms with van der Waals surface area (Å²) in [5, 5.41) is 4.04. The molecule has 0 aromatic heterocycles. The van der Waals surface area contributed by atoms with Crippen LogP contribution in [0.2, 0.25) is 20.1 Å². The molecule has 12 heteroatoms. The fourth-order valence-electron chi connectivity index (χ4n) is 4.11. The third-order valence-electron chi connectivity index (χ3n) is 6.13. The average Bonchev–Trinajstić information content (AvgIpc) is 2.88. The number of carbonyl (C=O) groups excluding carboxylic acids is 2. The largest absolute Gasteiger partial charge is 0.354 e. The fourth-order valence-corrected chi connectivity index (χ4v) is 5.92. The summed E-state index contributed by atoms with van der Waals surface area (Å²) in [7, 11) is -3.97. The predicted octanol–water partition coefficient (Wildman–Crippen LogP) is 6.48. The van der Waals surface area contributed by atoms with Crippen LogP contribution in [0.1, 0.15) is 25.0 Å². The molecule has 41 heavy (non-hydrogen) atoms. The molecule has 3 aromatic rings. The summed E-state index contributed by atoms with van der Waals surface area (Å²) in [4.78, 5) is 29.1. The van der Waals surface area contributed by atoms with E-state index < -0.39 is 28.5 Å². The van der Waals surface area contributed by atoms with Gasteiger partial charge >= 0.3 is 0 Å². The van der Waals surface area contributed by atoms with E-state index in [0.29, 0.717) is 22.2 Å². The van der Waals surface area contributed by atoms with Crippen molar-refractivity contribution in [3.8, 4) is 0 Å². The number of halogens is 4. The van der Waals surface area contributed by atoms with Gasteiger partial charge in [-0.15, -0.1) is 0 Å². The van der Waals surface area contributed by atoms with Crippen LogP contribution in [-0.4, -0.2) is 50.5 Å². The molecule has 2 amide bonds. The van der Waals surface area contributed by atoms with E-state index in [2.05, 4.69) is 5.32 Å². The van der Waals surface area contributed by atoms with Crippen molar-refractivity contribution in [3.63, 3.8) is 0 Å². The molecule has 7 nitrogen and oxygen atoms in total. The second-order valence-corrected chi connectivity index (χ2v) is 13.6. The Balaban J connectivity index is 2.09. The molecule has 3 rings (SSSR count). The average molecular weight is 659 g/mol. The summed E-state index contributed by atoms with van der Waals surface area (Å²) in [5.74, 6) is -0.838. The predicted molar refractivity (Wildman–Crippen MR) is 167 cm³/mol. The van der Waals surface area contributed by atoms with Crippen LogP contribution in [0.3, 0.4) is 0 Å². The number of amides is 2. The summed E-state index contributed by atoms with van der Waals surface area (Å²) in [6.45, 7) is 3.63. The van der Waals surface area contributed by atoms with Crippen LogP contribution in [0.4, 0.5) is 5.69 Å². The Morgan fingerprint density at radius 1 is 0.878 bits per heavy atom. The first kappa shape index (κ1) is 33.0. The van der Waals surface area contributed by atoms with E-state index >= 15 is 0 Å². The molecule has 0 unspecified atom stereocenters. The lowest BCUT2D eigenvalue weighted by atomic mass is 10.0. The fraction of sp³-hybridized carbons (Fsp3) is 0.310. The zero-order valence-corrected chi connectivity index (χ0v) is 26.6. The number of anilines is 1. The molecular formula is C29H31Cl4N3O4S. The van der Waals surface area contributed by atoms with Crippen LogP contribution >= 0.6 is 46.4 Å². The van der Waals surface area contributed by atoms with Crippen LogP contribution in [0.15, 0.2) is 66.7 Å². The van der Waals surface area contributed by atoms with E-state index in [1.54, 1.807) is 18.2 Å². The van der Waals surface area contributed by atoms with Crippen molar-refractivity contribution >= 4 is 73.9 Å². The second-order valence-electron chi connectivity index (χ2n) is 10.00. The van der Waals surface area contributed by atoms with Crippen LogP contribution in [0, 0.1) is 5.92 Å². The molecule has 0 heterocycles. The molecule has 0 spiro atoms. The summed E-state index contributed by atoms with van der Waals surface area (Å²) >= 11 is 24.9. The van der Waals surface area contributed by atoms with Gasteiger partial charge in [-0.05, 0) is 47.4 Å². The van der Waals surface area contributed by atoms with Crippen molar-refractivity contribution in [3.05, 3.63) is 97.9 Å². The lowest BCUT2D eigenvalue weighted by Crippen LogP contribution is -2.53. The smallest absolute Gasteiger partial charge is 0.244 e. The van der Waals surface area contributed by atoms with Gasteiger partial charge in [-0.25, -0.2) is 8.42 Å². The summed E-state index contributed by atoms with van der Waals surface area (Å²) in [5.41, 5.74) is 1.47. The monoisotopic (exact) mass is 657 g/mol. The Bertz CT molecular complexity index is 1470. The van der Waals surface area contributed by atoms with Gasteiger partial charge < -0.3 is 10.2 Å². The van der Waals surface area contributed by atoms with Crippen LogP contribution in [0.25, 0.3) is 0 Å². The van der Waals surface area contributed by atoms with Gasteiger partial charge in [0.05, 0.1) is 11.9 Å². The lowest BCUT2D eigenvalue weighted by Gasteiger charge is -2.34. The minimum Gasteiger partial charge on any atom is -0.354 e. The van der Waals surface area contributed by atoms with E-state index in [0.717, 1.165) is 16.1 Å². The molecule has 0 saturated carbocycles. The molecule has 0 fully saturated rings. The van der Waals surface area contributed by atoms with E-state index in [1.807, 2.05) is 44.2 Å². The zero-order valence-electron chi connectivity index (χ0n) is 22.8. The number of rotatable bonds is 12. The van der Waals surface area contributed by atoms with Crippen molar-refractivity contribution in [1.82, 2.24) is 10.2 Å². The van der Waals surface area contributed by atoms with Crippen LogP contribution < -0.4 is 9.62 Å². The van der Waals surface area contributed by atoms with Gasteiger partial charge in [0.1, 0.15) is 12.6 Å². The van der Waals surface area contributed by atoms with Crippen molar-refractivity contribution < 1.29 is 18.0 Å². The molecule has 0 aliphatic heterocycles. The maximum Gasteiger partial charge on any atom is 0.244 e. The highest BCUT2D eigenvalue weighted by Crippen LogP contribution is 2.28. The molecule has 1 N–H and O–H groups in total. The van der Waals surface area contributed by atoms with Gasteiger partial charge in [0.25, 0.3) is 0 Å². The van der Waals surface area contributed by atoms with Gasteiger partial charge in [0.2, 0.25) is 21.8 Å².